The Labute approximate surface area is 372 Å². The minimum Gasteiger partial charge on any atom is -0.505 e. The lowest BCUT2D eigenvalue weighted by molar-refractivity contribution is -0.137. The van der Waals surface area contributed by atoms with Crippen LogP contribution in [0.25, 0.3) is 21.5 Å². The summed E-state index contributed by atoms with van der Waals surface area (Å²) in [5.41, 5.74) is -0.191. The van der Waals surface area contributed by atoms with Gasteiger partial charge in [0.25, 0.3) is 32.1 Å². The van der Waals surface area contributed by atoms with E-state index in [1.807, 2.05) is 0 Å². The lowest BCUT2D eigenvalue weighted by atomic mass is 10.1. The quantitative estimate of drug-likeness (QED) is 0.0380. The zero-order valence-corrected chi connectivity index (χ0v) is 35.0. The van der Waals surface area contributed by atoms with E-state index in [0.29, 0.717) is 11.1 Å². The van der Waals surface area contributed by atoms with Gasteiger partial charge in [-0.1, -0.05) is 30.3 Å². The molecule has 2 amide bonds. The summed E-state index contributed by atoms with van der Waals surface area (Å²) in [7, 11) is -10.0. The summed E-state index contributed by atoms with van der Waals surface area (Å²) in [6, 6.07) is 25.6. The molecule has 0 aliphatic heterocycles. The van der Waals surface area contributed by atoms with E-state index in [0.717, 1.165) is 12.1 Å². The van der Waals surface area contributed by atoms with Crippen LogP contribution in [0.4, 0.5) is 34.1 Å². The lowest BCUT2D eigenvalue weighted by Gasteiger charge is -2.12. The maximum absolute atomic E-state index is 13.3. The molecule has 0 atom stereocenters. The highest BCUT2D eigenvalue weighted by atomic mass is 32.2. The standard InChI is InChI=1S/C43H31N7O14S2/c51-36(52)16-22-4-8-26(9-5-22)47-49-38-34(65(59,60)61)20-24-18-28(12-14-30(24)40(38)55)44-42(57)32-2-1-3-33(46-32)43(58)45-29-13-15-31-25(19-29)21-35(66(62,63)64)39(41(31)56)50-48-27-10-6-23(7-11-27)17-37(53)54/h1-15,18-21,55-56H,16-17H2,(H,44,57)(H,45,58)(H,51,52)(H,53,54)(H,59,60,61)(H,62,63,64). The van der Waals surface area contributed by atoms with Crippen molar-refractivity contribution in [1.29, 1.82) is 0 Å². The van der Waals surface area contributed by atoms with Crippen molar-refractivity contribution in [1.82, 2.24) is 4.98 Å². The van der Waals surface area contributed by atoms with E-state index in [4.69, 9.17) is 10.2 Å². The molecule has 66 heavy (non-hydrogen) atoms. The van der Waals surface area contributed by atoms with E-state index in [9.17, 15) is 55.3 Å². The van der Waals surface area contributed by atoms with Gasteiger partial charge in [0.15, 0.2) is 11.5 Å². The van der Waals surface area contributed by atoms with Gasteiger partial charge < -0.3 is 31.1 Å². The number of aromatic nitrogens is 1. The highest BCUT2D eigenvalue weighted by Crippen LogP contribution is 2.43. The van der Waals surface area contributed by atoms with Crippen molar-refractivity contribution in [2.75, 3.05) is 10.6 Å². The number of phenolic OH excluding ortho intramolecular Hbond substituents is 2. The molecule has 0 saturated carbocycles. The van der Waals surface area contributed by atoms with Crippen LogP contribution in [-0.2, 0) is 42.7 Å². The first kappa shape index (κ1) is 45.5. The number of aromatic hydroxyl groups is 2. The van der Waals surface area contributed by atoms with Crippen LogP contribution < -0.4 is 10.6 Å². The number of pyridine rings is 1. The molecular weight excluding hydrogens is 903 g/mol. The van der Waals surface area contributed by atoms with Gasteiger partial charge in [0, 0.05) is 22.1 Å². The number of carbonyl (C=O) groups excluding carboxylic acids is 2. The normalized spacial score (nSPS) is 11.9. The van der Waals surface area contributed by atoms with Crippen molar-refractivity contribution < 1.29 is 65.5 Å². The maximum Gasteiger partial charge on any atom is 0.307 e. The van der Waals surface area contributed by atoms with Crippen LogP contribution in [0.5, 0.6) is 11.5 Å². The monoisotopic (exact) mass is 933 g/mol. The number of anilines is 2. The van der Waals surface area contributed by atoms with Gasteiger partial charge in [-0.25, -0.2) is 4.98 Å². The topological polar surface area (TPSA) is 344 Å². The smallest absolute Gasteiger partial charge is 0.307 e. The molecule has 8 N–H and O–H groups in total. The fourth-order valence-corrected chi connectivity index (χ4v) is 7.76. The summed E-state index contributed by atoms with van der Waals surface area (Å²) in [5.74, 6) is -5.06. The summed E-state index contributed by atoms with van der Waals surface area (Å²) >= 11 is 0. The molecule has 0 radical (unpaired) electrons. The molecule has 1 aromatic heterocycles. The fourth-order valence-electron chi connectivity index (χ4n) is 6.45. The van der Waals surface area contributed by atoms with Gasteiger partial charge in [-0.05, 0) is 107 Å². The largest absolute Gasteiger partial charge is 0.505 e. The number of azo groups is 2. The van der Waals surface area contributed by atoms with E-state index < -0.39 is 76.7 Å². The summed E-state index contributed by atoms with van der Waals surface area (Å²) in [6.45, 7) is 0. The Bertz CT molecular complexity index is 3210. The number of amides is 2. The first-order chi connectivity index (χ1) is 31.2. The number of hydrogen-bond donors (Lipinski definition) is 8. The lowest BCUT2D eigenvalue weighted by Crippen LogP contribution is -2.18. The number of aliphatic carboxylic acids is 2. The van der Waals surface area contributed by atoms with Gasteiger partial charge in [-0.15, -0.1) is 10.2 Å². The molecule has 0 fully saturated rings. The van der Waals surface area contributed by atoms with Crippen LogP contribution in [0.2, 0.25) is 0 Å². The van der Waals surface area contributed by atoms with Crippen LogP contribution in [0.15, 0.2) is 146 Å². The summed E-state index contributed by atoms with van der Waals surface area (Å²) in [5, 5.41) is 60.9. The van der Waals surface area contributed by atoms with Crippen molar-refractivity contribution in [2.24, 2.45) is 20.5 Å². The Hall–Kier alpha value is -8.51. The Balaban J connectivity index is 1.09. The summed E-state index contributed by atoms with van der Waals surface area (Å²) in [6.07, 6.45) is -0.487. The second-order valence-corrected chi connectivity index (χ2v) is 16.9. The van der Waals surface area contributed by atoms with Crippen molar-refractivity contribution in [3.63, 3.8) is 0 Å². The predicted molar refractivity (Wildman–Crippen MR) is 235 cm³/mol. The molecule has 21 nitrogen and oxygen atoms in total. The molecule has 0 unspecified atom stereocenters. The number of fused-ring (bicyclic) bond motifs is 2. The SMILES string of the molecule is O=C(O)Cc1ccc(N=Nc2c(S(=O)(=O)O)cc3cc(NC(=O)c4cccc(C(=O)Nc5ccc6c(O)c(N=Nc7ccc(CC(=O)O)cc7)c(S(=O)(=O)O)cc6c5)n4)ccc3c2O)cc1. The Morgan fingerprint density at radius 2 is 0.894 bits per heavy atom. The zero-order chi connectivity index (χ0) is 47.5. The van der Waals surface area contributed by atoms with Crippen molar-refractivity contribution in [3.8, 4) is 11.5 Å². The zero-order valence-electron chi connectivity index (χ0n) is 33.4. The number of rotatable bonds is 14. The summed E-state index contributed by atoms with van der Waals surface area (Å²) in [4.78, 5) is 51.1. The molecule has 334 valence electrons. The molecule has 6 aromatic carbocycles. The number of carboxylic acid groups (broad SMARTS) is 2. The molecule has 0 bridgehead atoms. The average molecular weight is 934 g/mol. The molecule has 0 aliphatic rings. The first-order valence-corrected chi connectivity index (χ1v) is 21.7. The number of phenols is 2. The minimum absolute atomic E-state index is 0.0468. The molecule has 7 rings (SSSR count). The van der Waals surface area contributed by atoms with E-state index in [1.165, 1.54) is 103 Å². The average Bonchev–Trinajstić information content (AvgIpc) is 3.25. The Morgan fingerprint density at radius 1 is 0.515 bits per heavy atom. The highest BCUT2D eigenvalue weighted by Gasteiger charge is 2.24. The summed E-state index contributed by atoms with van der Waals surface area (Å²) < 4.78 is 69.6. The predicted octanol–water partition coefficient (Wildman–Crippen LogP) is 7.88. The Morgan fingerprint density at radius 3 is 1.24 bits per heavy atom. The second kappa shape index (κ2) is 18.3. The first-order valence-electron chi connectivity index (χ1n) is 18.8. The molecule has 23 heteroatoms. The number of nitrogens with one attached hydrogen (secondary N) is 2. The van der Waals surface area contributed by atoms with Crippen LogP contribution in [0.3, 0.4) is 0 Å². The maximum atomic E-state index is 13.3. The van der Waals surface area contributed by atoms with Gasteiger partial charge in [0.2, 0.25) is 0 Å². The third-order valence-electron chi connectivity index (χ3n) is 9.50. The molecule has 7 aromatic rings. The van der Waals surface area contributed by atoms with Gasteiger partial charge >= 0.3 is 11.9 Å². The fraction of sp³-hybridized carbons (Fsp3) is 0.0465. The number of nitrogens with zero attached hydrogens (tertiary/aromatic N) is 5. The minimum atomic E-state index is -5.00. The molecule has 0 aliphatic carbocycles. The van der Waals surface area contributed by atoms with Gasteiger partial charge in [-0.3, -0.25) is 28.3 Å². The van der Waals surface area contributed by atoms with Gasteiger partial charge in [0.1, 0.15) is 32.6 Å². The number of carbonyl (C=O) groups is 4. The van der Waals surface area contributed by atoms with Gasteiger partial charge in [0.05, 0.1) is 24.2 Å². The van der Waals surface area contributed by atoms with E-state index in [1.54, 1.807) is 0 Å². The van der Waals surface area contributed by atoms with E-state index in [-0.39, 0.29) is 68.5 Å². The van der Waals surface area contributed by atoms with Crippen LogP contribution in [-0.4, -0.2) is 75.1 Å². The van der Waals surface area contributed by atoms with Gasteiger partial charge in [-0.2, -0.15) is 27.1 Å². The van der Waals surface area contributed by atoms with Crippen LogP contribution in [0.1, 0.15) is 32.1 Å². The third kappa shape index (κ3) is 10.5. The second-order valence-electron chi connectivity index (χ2n) is 14.2. The highest BCUT2D eigenvalue weighted by molar-refractivity contribution is 7.86. The van der Waals surface area contributed by atoms with Crippen molar-refractivity contribution in [2.45, 2.75) is 22.6 Å². The third-order valence-corrected chi connectivity index (χ3v) is 11.2. The van der Waals surface area contributed by atoms with E-state index >= 15 is 0 Å². The molecule has 1 heterocycles. The number of benzene rings is 6. The molecule has 0 saturated heterocycles. The molecular formula is C43H31N7O14S2. The van der Waals surface area contributed by atoms with Crippen molar-refractivity contribution in [3.05, 3.63) is 138 Å². The Kier molecular flexibility index (Phi) is 12.6. The number of hydrogen-bond acceptors (Lipinski definition) is 15. The van der Waals surface area contributed by atoms with E-state index in [2.05, 4.69) is 36.1 Å². The van der Waals surface area contributed by atoms with Crippen LogP contribution in [0, 0.1) is 0 Å². The van der Waals surface area contributed by atoms with Crippen molar-refractivity contribution >= 4 is 99.7 Å². The molecule has 0 spiro atoms. The van der Waals surface area contributed by atoms with Crippen LogP contribution >= 0.6 is 0 Å². The number of carboxylic acids is 2.